The standard InChI is InChI=1S/C25H30N4O5/c1-16(2)13-14-33-20-10-9-19(15-21(20)32-4)25(31)28-27-22(30)11-12-23-26-24(29-34-23)18-7-5-17(3)6-8-18/h5-10,15-16H,11-14H2,1-4H3,(H,27,30)(H,28,31). The zero-order chi connectivity index (χ0) is 24.5. The van der Waals surface area contributed by atoms with E-state index in [1.165, 1.54) is 7.11 Å². The molecule has 0 atom stereocenters. The van der Waals surface area contributed by atoms with Gasteiger partial charge < -0.3 is 14.0 Å². The third-order valence-electron chi connectivity index (χ3n) is 5.04. The first-order valence-corrected chi connectivity index (χ1v) is 11.2. The molecule has 9 heteroatoms. The van der Waals surface area contributed by atoms with E-state index in [2.05, 4.69) is 34.8 Å². The summed E-state index contributed by atoms with van der Waals surface area (Å²) in [7, 11) is 1.51. The van der Waals surface area contributed by atoms with Crippen LogP contribution < -0.4 is 20.3 Å². The van der Waals surface area contributed by atoms with Crippen molar-refractivity contribution < 1.29 is 23.6 Å². The monoisotopic (exact) mass is 466 g/mol. The van der Waals surface area contributed by atoms with E-state index in [1.54, 1.807) is 18.2 Å². The van der Waals surface area contributed by atoms with Crippen LogP contribution in [-0.4, -0.2) is 35.7 Å². The summed E-state index contributed by atoms with van der Waals surface area (Å²) < 4.78 is 16.3. The second-order valence-electron chi connectivity index (χ2n) is 8.28. The van der Waals surface area contributed by atoms with Crippen LogP contribution in [0.5, 0.6) is 11.5 Å². The van der Waals surface area contributed by atoms with Gasteiger partial charge in [0.05, 0.1) is 13.7 Å². The van der Waals surface area contributed by atoms with Gasteiger partial charge in [0.15, 0.2) is 11.5 Å². The number of nitrogens with one attached hydrogen (secondary N) is 2. The van der Waals surface area contributed by atoms with Crippen molar-refractivity contribution in [1.82, 2.24) is 21.0 Å². The van der Waals surface area contributed by atoms with Crippen LogP contribution in [0.4, 0.5) is 0 Å². The van der Waals surface area contributed by atoms with Gasteiger partial charge in [-0.15, -0.1) is 0 Å². The minimum absolute atomic E-state index is 0.0712. The molecule has 34 heavy (non-hydrogen) atoms. The number of methoxy groups -OCH3 is 1. The van der Waals surface area contributed by atoms with E-state index in [0.29, 0.717) is 41.3 Å². The van der Waals surface area contributed by atoms with Gasteiger partial charge in [-0.05, 0) is 37.5 Å². The number of carbonyl (C=O) groups excluding carboxylic acids is 2. The summed E-state index contributed by atoms with van der Waals surface area (Å²) in [6.45, 7) is 6.79. The second kappa shape index (κ2) is 11.8. The van der Waals surface area contributed by atoms with Crippen LogP contribution in [0, 0.1) is 12.8 Å². The van der Waals surface area contributed by atoms with Crippen molar-refractivity contribution in [1.29, 1.82) is 0 Å². The molecule has 0 saturated carbocycles. The third-order valence-corrected chi connectivity index (χ3v) is 5.04. The Hall–Kier alpha value is -3.88. The summed E-state index contributed by atoms with van der Waals surface area (Å²) in [5.74, 6) is 1.49. The lowest BCUT2D eigenvalue weighted by Gasteiger charge is -2.13. The highest BCUT2D eigenvalue weighted by molar-refractivity contribution is 5.96. The number of nitrogens with zero attached hydrogens (tertiary/aromatic N) is 2. The molecular weight excluding hydrogens is 436 g/mol. The van der Waals surface area contributed by atoms with Gasteiger partial charge in [-0.2, -0.15) is 4.98 Å². The molecule has 180 valence electrons. The Balaban J connectivity index is 1.47. The number of carbonyl (C=O) groups is 2. The zero-order valence-electron chi connectivity index (χ0n) is 19.9. The summed E-state index contributed by atoms with van der Waals surface area (Å²) in [5.41, 5.74) is 7.09. The maximum atomic E-state index is 12.4. The quantitative estimate of drug-likeness (QED) is 0.436. The molecule has 2 aromatic carbocycles. The number of aryl methyl sites for hydroxylation is 2. The molecular formula is C25H30N4O5. The maximum Gasteiger partial charge on any atom is 0.269 e. The van der Waals surface area contributed by atoms with E-state index in [1.807, 2.05) is 31.2 Å². The molecule has 2 N–H and O–H groups in total. The van der Waals surface area contributed by atoms with Crippen molar-refractivity contribution in [2.75, 3.05) is 13.7 Å². The average Bonchev–Trinajstić information content (AvgIpc) is 3.30. The van der Waals surface area contributed by atoms with Gasteiger partial charge in [-0.25, -0.2) is 0 Å². The number of benzene rings is 2. The molecule has 0 unspecified atom stereocenters. The Morgan fingerprint density at radius 2 is 1.82 bits per heavy atom. The smallest absolute Gasteiger partial charge is 0.269 e. The fourth-order valence-corrected chi connectivity index (χ4v) is 2.99. The summed E-state index contributed by atoms with van der Waals surface area (Å²) in [4.78, 5) is 28.9. The van der Waals surface area contributed by atoms with Gasteiger partial charge in [0.2, 0.25) is 17.6 Å². The fraction of sp³-hybridized carbons (Fsp3) is 0.360. The van der Waals surface area contributed by atoms with Crippen molar-refractivity contribution in [3.8, 4) is 22.9 Å². The summed E-state index contributed by atoms with van der Waals surface area (Å²) in [6.07, 6.45) is 1.23. The van der Waals surface area contributed by atoms with Gasteiger partial charge in [0.25, 0.3) is 5.91 Å². The Morgan fingerprint density at radius 1 is 1.06 bits per heavy atom. The van der Waals surface area contributed by atoms with Crippen LogP contribution in [0.15, 0.2) is 47.0 Å². The molecule has 0 saturated heterocycles. The van der Waals surface area contributed by atoms with Crippen LogP contribution in [0.25, 0.3) is 11.4 Å². The van der Waals surface area contributed by atoms with Gasteiger partial charge in [0, 0.05) is 24.0 Å². The normalized spacial score (nSPS) is 10.7. The zero-order valence-corrected chi connectivity index (χ0v) is 19.9. The Bertz CT molecular complexity index is 1110. The van der Waals surface area contributed by atoms with Crippen molar-refractivity contribution in [3.05, 3.63) is 59.5 Å². The van der Waals surface area contributed by atoms with Gasteiger partial charge in [-0.1, -0.05) is 48.8 Å². The van der Waals surface area contributed by atoms with Gasteiger partial charge >= 0.3 is 0 Å². The summed E-state index contributed by atoms with van der Waals surface area (Å²) in [6, 6.07) is 12.6. The van der Waals surface area contributed by atoms with E-state index in [0.717, 1.165) is 17.5 Å². The first-order valence-electron chi connectivity index (χ1n) is 11.2. The highest BCUT2D eigenvalue weighted by Crippen LogP contribution is 2.28. The Labute approximate surface area is 198 Å². The lowest BCUT2D eigenvalue weighted by molar-refractivity contribution is -0.121. The van der Waals surface area contributed by atoms with Crippen LogP contribution in [0.3, 0.4) is 0 Å². The number of aromatic nitrogens is 2. The SMILES string of the molecule is COc1cc(C(=O)NNC(=O)CCc2nc(-c3ccc(C)cc3)no2)ccc1OCCC(C)C. The van der Waals surface area contributed by atoms with Crippen molar-refractivity contribution in [2.45, 2.75) is 40.0 Å². The molecule has 3 aromatic rings. The largest absolute Gasteiger partial charge is 0.493 e. The van der Waals surface area contributed by atoms with E-state index in [9.17, 15) is 9.59 Å². The molecule has 9 nitrogen and oxygen atoms in total. The minimum atomic E-state index is -0.472. The van der Waals surface area contributed by atoms with Crippen LogP contribution in [0.2, 0.25) is 0 Å². The molecule has 2 amide bonds. The number of amides is 2. The summed E-state index contributed by atoms with van der Waals surface area (Å²) in [5, 5.41) is 3.95. The lowest BCUT2D eigenvalue weighted by atomic mass is 10.1. The second-order valence-corrected chi connectivity index (χ2v) is 8.28. The highest BCUT2D eigenvalue weighted by Gasteiger charge is 2.14. The molecule has 0 radical (unpaired) electrons. The average molecular weight is 467 g/mol. The number of hydrogen-bond donors (Lipinski definition) is 2. The lowest BCUT2D eigenvalue weighted by Crippen LogP contribution is -2.41. The first kappa shape index (κ1) is 24.8. The number of hydrazine groups is 1. The minimum Gasteiger partial charge on any atom is -0.493 e. The Morgan fingerprint density at radius 3 is 2.53 bits per heavy atom. The molecule has 1 aromatic heterocycles. The predicted octanol–water partition coefficient (Wildman–Crippen LogP) is 3.87. The maximum absolute atomic E-state index is 12.4. The Kier molecular flexibility index (Phi) is 8.61. The van der Waals surface area contributed by atoms with Crippen molar-refractivity contribution in [2.24, 2.45) is 5.92 Å². The van der Waals surface area contributed by atoms with Crippen LogP contribution in [0.1, 0.15) is 48.5 Å². The van der Waals surface area contributed by atoms with E-state index >= 15 is 0 Å². The molecule has 0 bridgehead atoms. The fourth-order valence-electron chi connectivity index (χ4n) is 2.99. The van der Waals surface area contributed by atoms with E-state index in [4.69, 9.17) is 14.0 Å². The van der Waals surface area contributed by atoms with E-state index in [-0.39, 0.29) is 18.7 Å². The molecule has 0 spiro atoms. The first-order chi connectivity index (χ1) is 16.4. The molecule has 3 rings (SSSR count). The van der Waals surface area contributed by atoms with Crippen LogP contribution in [-0.2, 0) is 11.2 Å². The molecule has 0 fully saturated rings. The predicted molar refractivity (Wildman–Crippen MR) is 126 cm³/mol. The topological polar surface area (TPSA) is 116 Å². The number of ether oxygens (including phenoxy) is 2. The van der Waals surface area contributed by atoms with E-state index < -0.39 is 5.91 Å². The van der Waals surface area contributed by atoms with Crippen molar-refractivity contribution in [3.63, 3.8) is 0 Å². The number of rotatable bonds is 10. The molecule has 0 aliphatic carbocycles. The molecule has 0 aliphatic heterocycles. The molecule has 0 aliphatic rings. The van der Waals surface area contributed by atoms with Gasteiger partial charge in [-0.3, -0.25) is 20.4 Å². The van der Waals surface area contributed by atoms with Gasteiger partial charge in [0.1, 0.15) is 0 Å². The highest BCUT2D eigenvalue weighted by atomic mass is 16.5. The van der Waals surface area contributed by atoms with Crippen LogP contribution >= 0.6 is 0 Å². The summed E-state index contributed by atoms with van der Waals surface area (Å²) >= 11 is 0. The van der Waals surface area contributed by atoms with Crippen molar-refractivity contribution >= 4 is 11.8 Å². The molecule has 1 heterocycles. The number of hydrogen-bond acceptors (Lipinski definition) is 7. The third kappa shape index (κ3) is 7.06.